The van der Waals surface area contributed by atoms with E-state index in [1.54, 1.807) is 18.2 Å². The summed E-state index contributed by atoms with van der Waals surface area (Å²) >= 11 is 3.62. The van der Waals surface area contributed by atoms with Gasteiger partial charge in [-0.05, 0) is 90.0 Å². The van der Waals surface area contributed by atoms with Gasteiger partial charge in [0, 0.05) is 27.9 Å². The molecule has 45 heavy (non-hydrogen) atoms. The topological polar surface area (TPSA) is 114 Å². The Balaban J connectivity index is 1.16. The van der Waals surface area contributed by atoms with Gasteiger partial charge in [0.25, 0.3) is 11.8 Å². The van der Waals surface area contributed by atoms with Gasteiger partial charge < -0.3 is 20.1 Å². The second-order valence-electron chi connectivity index (χ2n) is 9.99. The van der Waals surface area contributed by atoms with Crippen LogP contribution in [-0.4, -0.2) is 36.7 Å². The lowest BCUT2D eigenvalue weighted by molar-refractivity contribution is -0.118. The molecular formula is C34H30IN5O4S. The molecule has 5 aromatic rings. The standard InChI is InChI=1S/C34H30IN5O4S/c1-21-9-14-28(22(2)15-21)38-31(41)19-44-32-27(35)16-23(17-30(32)43-3)18-36-40-33(42)25-12-10-24(11-13-25)29-20-45-34(39-29)37-26-7-5-4-6-8-26/h4-18,20H,19H2,1-3H3,(H,37,39)(H,38,41)(H,40,42)/b36-18+. The molecule has 228 valence electrons. The molecule has 0 saturated carbocycles. The molecule has 11 heteroatoms. The molecule has 1 heterocycles. The first-order chi connectivity index (χ1) is 21.8. The normalized spacial score (nSPS) is 10.8. The van der Waals surface area contributed by atoms with Crippen LogP contribution in [0, 0.1) is 17.4 Å². The second kappa shape index (κ2) is 14.8. The number of carbonyl (C=O) groups is 2. The summed E-state index contributed by atoms with van der Waals surface area (Å²) in [4.78, 5) is 29.9. The van der Waals surface area contributed by atoms with E-state index < -0.39 is 0 Å². The maximum atomic E-state index is 12.7. The number of thiazole rings is 1. The monoisotopic (exact) mass is 731 g/mol. The molecule has 2 amide bonds. The molecule has 5 rings (SSSR count). The zero-order chi connectivity index (χ0) is 31.8. The Morgan fingerprint density at radius 2 is 1.78 bits per heavy atom. The number of carbonyl (C=O) groups excluding carboxylic acids is 2. The number of hydrogen-bond donors (Lipinski definition) is 3. The molecule has 0 bridgehead atoms. The van der Waals surface area contributed by atoms with Gasteiger partial charge in [0.2, 0.25) is 0 Å². The van der Waals surface area contributed by atoms with E-state index >= 15 is 0 Å². The van der Waals surface area contributed by atoms with Crippen molar-refractivity contribution in [3.05, 3.63) is 116 Å². The van der Waals surface area contributed by atoms with E-state index in [0.717, 1.165) is 42.5 Å². The van der Waals surface area contributed by atoms with E-state index in [1.165, 1.54) is 24.7 Å². The first kappa shape index (κ1) is 31.7. The Hall–Kier alpha value is -4.75. The van der Waals surface area contributed by atoms with E-state index in [-0.39, 0.29) is 18.4 Å². The van der Waals surface area contributed by atoms with Crippen molar-refractivity contribution in [3.8, 4) is 22.8 Å². The third-order valence-electron chi connectivity index (χ3n) is 6.61. The summed E-state index contributed by atoms with van der Waals surface area (Å²) in [7, 11) is 1.52. The van der Waals surface area contributed by atoms with Crippen LogP contribution in [0.3, 0.4) is 0 Å². The lowest BCUT2D eigenvalue weighted by atomic mass is 10.1. The minimum Gasteiger partial charge on any atom is -0.493 e. The number of aromatic nitrogens is 1. The van der Waals surface area contributed by atoms with Crippen molar-refractivity contribution in [2.75, 3.05) is 24.4 Å². The maximum absolute atomic E-state index is 12.7. The number of methoxy groups -OCH3 is 1. The van der Waals surface area contributed by atoms with E-state index in [2.05, 4.69) is 48.7 Å². The Morgan fingerprint density at radius 1 is 1.00 bits per heavy atom. The van der Waals surface area contributed by atoms with Crippen LogP contribution in [0.4, 0.5) is 16.5 Å². The van der Waals surface area contributed by atoms with Crippen LogP contribution >= 0.6 is 33.9 Å². The minimum absolute atomic E-state index is 0.184. The predicted molar refractivity (Wildman–Crippen MR) is 188 cm³/mol. The Kier molecular flexibility index (Phi) is 10.4. The highest BCUT2D eigenvalue weighted by molar-refractivity contribution is 14.1. The number of anilines is 3. The van der Waals surface area contributed by atoms with Gasteiger partial charge in [-0.3, -0.25) is 9.59 Å². The third-order valence-corrected chi connectivity index (χ3v) is 8.17. The largest absolute Gasteiger partial charge is 0.493 e. The van der Waals surface area contributed by atoms with Crippen LogP contribution in [0.5, 0.6) is 11.5 Å². The number of ether oxygens (including phenoxy) is 2. The smallest absolute Gasteiger partial charge is 0.271 e. The molecule has 0 saturated heterocycles. The quantitative estimate of drug-likeness (QED) is 0.0735. The number of rotatable bonds is 11. The van der Waals surface area contributed by atoms with Crippen LogP contribution in [0.25, 0.3) is 11.3 Å². The van der Waals surface area contributed by atoms with Crippen molar-refractivity contribution in [2.45, 2.75) is 13.8 Å². The zero-order valence-electron chi connectivity index (χ0n) is 24.8. The van der Waals surface area contributed by atoms with Gasteiger partial charge in [-0.1, -0.05) is 48.0 Å². The van der Waals surface area contributed by atoms with E-state index in [9.17, 15) is 9.59 Å². The number of nitrogens with one attached hydrogen (secondary N) is 3. The fourth-order valence-electron chi connectivity index (χ4n) is 4.36. The van der Waals surface area contributed by atoms with E-state index in [4.69, 9.17) is 9.47 Å². The third kappa shape index (κ3) is 8.46. The first-order valence-corrected chi connectivity index (χ1v) is 15.8. The molecule has 1 aromatic heterocycles. The Morgan fingerprint density at radius 3 is 2.51 bits per heavy atom. The predicted octanol–water partition coefficient (Wildman–Crippen LogP) is 7.57. The van der Waals surface area contributed by atoms with E-state index in [1.807, 2.05) is 86.0 Å². The summed E-state index contributed by atoms with van der Waals surface area (Å²) in [6, 6.07) is 26.4. The van der Waals surface area contributed by atoms with Crippen LogP contribution in [0.15, 0.2) is 95.4 Å². The van der Waals surface area contributed by atoms with Crippen LogP contribution in [0.2, 0.25) is 0 Å². The fraction of sp³-hybridized carbons (Fsp3) is 0.118. The number of aryl methyl sites for hydroxylation is 2. The van der Waals surface area contributed by atoms with Crippen LogP contribution in [0.1, 0.15) is 27.0 Å². The van der Waals surface area contributed by atoms with Crippen LogP contribution < -0.4 is 25.5 Å². The Bertz CT molecular complexity index is 1840. The molecule has 9 nitrogen and oxygen atoms in total. The number of para-hydroxylation sites is 1. The minimum atomic E-state index is -0.348. The molecule has 0 aliphatic heterocycles. The molecule has 0 spiro atoms. The van der Waals surface area contributed by atoms with Gasteiger partial charge in [0.05, 0.1) is 22.6 Å². The van der Waals surface area contributed by atoms with Crippen molar-refractivity contribution < 1.29 is 19.1 Å². The van der Waals surface area contributed by atoms with Gasteiger partial charge in [-0.2, -0.15) is 5.10 Å². The van der Waals surface area contributed by atoms with Crippen molar-refractivity contribution in [3.63, 3.8) is 0 Å². The average Bonchev–Trinajstić information content (AvgIpc) is 3.50. The maximum Gasteiger partial charge on any atom is 0.271 e. The zero-order valence-corrected chi connectivity index (χ0v) is 27.7. The number of benzene rings is 4. The van der Waals surface area contributed by atoms with Crippen molar-refractivity contribution >= 4 is 68.5 Å². The average molecular weight is 732 g/mol. The summed E-state index contributed by atoms with van der Waals surface area (Å²) in [6.07, 6.45) is 1.52. The molecule has 4 aromatic carbocycles. The van der Waals surface area contributed by atoms with Crippen molar-refractivity contribution in [1.82, 2.24) is 10.4 Å². The lowest BCUT2D eigenvalue weighted by Gasteiger charge is -2.14. The second-order valence-corrected chi connectivity index (χ2v) is 12.0. The molecule has 3 N–H and O–H groups in total. The summed E-state index contributed by atoms with van der Waals surface area (Å²) < 4.78 is 12.0. The molecule has 0 fully saturated rings. The van der Waals surface area contributed by atoms with Gasteiger partial charge in [-0.25, -0.2) is 10.4 Å². The molecule has 0 aliphatic rings. The highest BCUT2D eigenvalue weighted by atomic mass is 127. The summed E-state index contributed by atoms with van der Waals surface area (Å²) in [5.41, 5.74) is 9.24. The fourth-order valence-corrected chi connectivity index (χ4v) is 5.88. The summed E-state index contributed by atoms with van der Waals surface area (Å²) in [5.74, 6) is 0.253. The SMILES string of the molecule is COc1cc(/C=N/NC(=O)c2ccc(-c3csc(Nc4ccccc4)n3)cc2)cc(I)c1OCC(=O)Nc1ccc(C)cc1C. The lowest BCUT2D eigenvalue weighted by Crippen LogP contribution is -2.21. The first-order valence-electron chi connectivity index (χ1n) is 13.9. The number of nitrogens with zero attached hydrogens (tertiary/aromatic N) is 2. The number of hydrogen-bond acceptors (Lipinski definition) is 8. The summed E-state index contributed by atoms with van der Waals surface area (Å²) in [6.45, 7) is 3.76. The number of hydrazone groups is 1. The molecule has 0 radical (unpaired) electrons. The van der Waals surface area contributed by atoms with Gasteiger partial charge in [-0.15, -0.1) is 11.3 Å². The molecule has 0 aliphatic carbocycles. The van der Waals surface area contributed by atoms with Gasteiger partial charge in [0.15, 0.2) is 23.2 Å². The molecular weight excluding hydrogens is 701 g/mol. The van der Waals surface area contributed by atoms with Crippen LogP contribution in [-0.2, 0) is 4.79 Å². The van der Waals surface area contributed by atoms with Gasteiger partial charge in [0.1, 0.15) is 0 Å². The summed E-state index contributed by atoms with van der Waals surface area (Å²) in [5, 5.41) is 13.0. The van der Waals surface area contributed by atoms with E-state index in [0.29, 0.717) is 22.6 Å². The highest BCUT2D eigenvalue weighted by Crippen LogP contribution is 2.34. The number of halogens is 1. The van der Waals surface area contributed by atoms with Crippen molar-refractivity contribution in [2.24, 2.45) is 5.10 Å². The Labute approximate surface area is 278 Å². The van der Waals surface area contributed by atoms with Gasteiger partial charge >= 0.3 is 0 Å². The molecule has 0 unspecified atom stereocenters. The highest BCUT2D eigenvalue weighted by Gasteiger charge is 2.14. The van der Waals surface area contributed by atoms with Crippen molar-refractivity contribution in [1.29, 1.82) is 0 Å². The number of amides is 2. The molecule has 0 atom stereocenters.